The minimum atomic E-state index is -1.13. The number of carbonyl (C=O) groups excluding carboxylic acids is 4. The van der Waals surface area contributed by atoms with Crippen molar-refractivity contribution in [1.82, 2.24) is 26.4 Å². The maximum Gasteiger partial charge on any atom is 0.408 e. The molecule has 7 N–H and O–H groups in total. The molecule has 4 amide bonds. The number of aromatic nitrogens is 1. The summed E-state index contributed by atoms with van der Waals surface area (Å²) >= 11 is 0. The number of para-hydroxylation sites is 1. The van der Waals surface area contributed by atoms with Crippen molar-refractivity contribution >= 4 is 34.7 Å². The molecular weight excluding hydrogens is 672 g/mol. The number of hydrogen-bond acceptors (Lipinski definition) is 7. The van der Waals surface area contributed by atoms with Crippen molar-refractivity contribution in [1.29, 1.82) is 0 Å². The second kappa shape index (κ2) is 18.9. The maximum atomic E-state index is 14.2. The fourth-order valence-corrected chi connectivity index (χ4v) is 5.89. The topological polar surface area (TPSA) is 177 Å². The van der Waals surface area contributed by atoms with E-state index in [0.717, 1.165) is 33.2 Å². The third kappa shape index (κ3) is 11.4. The van der Waals surface area contributed by atoms with Crippen LogP contribution in [-0.2, 0) is 45.2 Å². The molecule has 12 heteroatoms. The third-order valence-corrected chi connectivity index (χ3v) is 8.65. The molecule has 0 aliphatic rings. The van der Waals surface area contributed by atoms with Gasteiger partial charge >= 0.3 is 6.09 Å². The predicted octanol–water partition coefficient (Wildman–Crippen LogP) is 4.83. The second-order valence-corrected chi connectivity index (χ2v) is 13.2. The Morgan fingerprint density at radius 2 is 1.23 bits per heavy atom. The summed E-state index contributed by atoms with van der Waals surface area (Å²) in [5.74, 6) is 4.39. The number of rotatable bonds is 17. The van der Waals surface area contributed by atoms with Crippen LogP contribution in [-0.4, -0.2) is 46.9 Å². The Bertz CT molecular complexity index is 1950. The van der Waals surface area contributed by atoms with E-state index in [1.165, 1.54) is 0 Å². The highest BCUT2D eigenvalue weighted by atomic mass is 16.5. The van der Waals surface area contributed by atoms with Crippen LogP contribution >= 0.6 is 0 Å². The lowest BCUT2D eigenvalue weighted by molar-refractivity contribution is -0.132. The van der Waals surface area contributed by atoms with Crippen molar-refractivity contribution in [2.24, 2.45) is 11.8 Å². The number of nitrogens with two attached hydrogens (primary N) is 1. The number of hydrazine groups is 1. The van der Waals surface area contributed by atoms with Crippen LogP contribution in [0.2, 0.25) is 0 Å². The maximum absolute atomic E-state index is 14.2. The van der Waals surface area contributed by atoms with Crippen molar-refractivity contribution in [3.63, 3.8) is 0 Å². The van der Waals surface area contributed by atoms with Crippen LogP contribution in [0.5, 0.6) is 5.75 Å². The molecule has 0 aliphatic carbocycles. The summed E-state index contributed by atoms with van der Waals surface area (Å²) in [6, 6.07) is 30.6. The van der Waals surface area contributed by atoms with E-state index in [2.05, 4.69) is 26.4 Å². The number of ether oxygens (including phenoxy) is 2. The zero-order valence-electron chi connectivity index (χ0n) is 29.8. The smallest absolute Gasteiger partial charge is 0.408 e. The molecule has 4 aromatic carbocycles. The Labute approximate surface area is 308 Å². The molecule has 0 bridgehead atoms. The molecule has 0 fully saturated rings. The lowest BCUT2D eigenvalue weighted by Gasteiger charge is -2.26. The van der Waals surface area contributed by atoms with Gasteiger partial charge in [-0.05, 0) is 52.8 Å². The van der Waals surface area contributed by atoms with E-state index in [4.69, 9.17) is 15.3 Å². The molecule has 3 atom stereocenters. The number of alkyl carbamates (subject to hydrolysis) is 1. The summed E-state index contributed by atoms with van der Waals surface area (Å²) in [6.45, 7) is 4.23. The van der Waals surface area contributed by atoms with Crippen LogP contribution in [0.3, 0.4) is 0 Å². The van der Waals surface area contributed by atoms with Crippen molar-refractivity contribution < 1.29 is 28.7 Å². The SMILES string of the molecule is CC(C)C[C@H](NC(=O)[C@@H](Cc1c[nH]c2ccccc12)NC(=O)[C@H](Cc1ccc(OCc2ccccc2)cc1)NC(=O)OCc1ccccc1)C(=O)NN. The van der Waals surface area contributed by atoms with Gasteiger partial charge < -0.3 is 30.4 Å². The third-order valence-electron chi connectivity index (χ3n) is 8.65. The Morgan fingerprint density at radius 3 is 1.87 bits per heavy atom. The first-order valence-corrected chi connectivity index (χ1v) is 17.6. The van der Waals surface area contributed by atoms with Crippen molar-refractivity contribution in [3.05, 3.63) is 138 Å². The minimum Gasteiger partial charge on any atom is -0.489 e. The van der Waals surface area contributed by atoms with Crippen LogP contribution in [0.4, 0.5) is 4.79 Å². The van der Waals surface area contributed by atoms with Crippen LogP contribution in [0.1, 0.15) is 42.5 Å². The summed E-state index contributed by atoms with van der Waals surface area (Å²) in [5, 5.41) is 9.23. The number of H-pyrrole nitrogens is 1. The van der Waals surface area contributed by atoms with Gasteiger partial charge in [-0.15, -0.1) is 0 Å². The van der Waals surface area contributed by atoms with E-state index in [1.807, 2.05) is 111 Å². The quantitative estimate of drug-likeness (QED) is 0.0453. The number of nitrogens with one attached hydrogen (secondary N) is 5. The van der Waals surface area contributed by atoms with Crippen LogP contribution < -0.4 is 32.0 Å². The van der Waals surface area contributed by atoms with Gasteiger partial charge in [0, 0.05) is 29.9 Å². The van der Waals surface area contributed by atoms with E-state index in [9.17, 15) is 19.2 Å². The summed E-state index contributed by atoms with van der Waals surface area (Å²) in [7, 11) is 0. The molecule has 5 rings (SSSR count). The molecule has 0 saturated carbocycles. The Hall–Kier alpha value is -6.14. The lowest BCUT2D eigenvalue weighted by Crippen LogP contribution is -2.58. The number of aromatic amines is 1. The fourth-order valence-electron chi connectivity index (χ4n) is 5.89. The first-order chi connectivity index (χ1) is 25.7. The van der Waals surface area contributed by atoms with Gasteiger partial charge in [0.2, 0.25) is 11.8 Å². The zero-order valence-corrected chi connectivity index (χ0v) is 29.8. The number of fused-ring (bicyclic) bond motifs is 1. The molecule has 1 heterocycles. The predicted molar refractivity (Wildman–Crippen MR) is 202 cm³/mol. The van der Waals surface area contributed by atoms with E-state index in [1.54, 1.807) is 18.3 Å². The summed E-state index contributed by atoms with van der Waals surface area (Å²) in [5.41, 5.74) is 6.30. The van der Waals surface area contributed by atoms with Gasteiger partial charge in [0.25, 0.3) is 5.91 Å². The highest BCUT2D eigenvalue weighted by molar-refractivity contribution is 5.94. The van der Waals surface area contributed by atoms with E-state index >= 15 is 0 Å². The molecule has 0 aliphatic heterocycles. The average molecular weight is 719 g/mol. The van der Waals surface area contributed by atoms with Gasteiger partial charge in [-0.2, -0.15) is 0 Å². The molecule has 0 radical (unpaired) electrons. The summed E-state index contributed by atoms with van der Waals surface area (Å²) < 4.78 is 11.4. The normalized spacial score (nSPS) is 12.7. The second-order valence-electron chi connectivity index (χ2n) is 13.2. The summed E-state index contributed by atoms with van der Waals surface area (Å²) in [4.78, 5) is 57.0. The van der Waals surface area contributed by atoms with Crippen molar-refractivity contribution in [3.8, 4) is 5.75 Å². The Kier molecular flexibility index (Phi) is 13.6. The van der Waals surface area contributed by atoms with Gasteiger partial charge in [0.15, 0.2) is 0 Å². The first-order valence-electron chi connectivity index (χ1n) is 17.6. The molecule has 0 spiro atoms. The molecular formula is C41H46N6O6. The van der Waals surface area contributed by atoms with Gasteiger partial charge in [-0.1, -0.05) is 105 Å². The molecule has 5 aromatic rings. The number of hydrogen-bond donors (Lipinski definition) is 6. The number of carbonyl (C=O) groups is 4. The molecule has 12 nitrogen and oxygen atoms in total. The molecule has 0 saturated heterocycles. The highest BCUT2D eigenvalue weighted by Crippen LogP contribution is 2.20. The molecule has 53 heavy (non-hydrogen) atoms. The standard InChI is InChI=1S/C41H46N6O6/c1-27(2)21-35(40(50)47-42)44-39(49)37(23-31-24-43-34-16-10-9-15-33(31)34)45-38(48)36(46-41(51)53-26-30-13-7-4-8-14-30)22-28-17-19-32(20-18-28)52-25-29-11-5-3-6-12-29/h3-20,24,27,35-37,43H,21-23,25-26,42H2,1-2H3,(H,44,49)(H,45,48)(H,46,51)(H,47,50)/t35-,36-,37+/m0/s1. The van der Waals surface area contributed by atoms with Crippen molar-refractivity contribution in [2.45, 2.75) is 64.4 Å². The lowest BCUT2D eigenvalue weighted by atomic mass is 10.00. The minimum absolute atomic E-state index is 0.000500. The molecule has 1 aromatic heterocycles. The van der Waals surface area contributed by atoms with Gasteiger partial charge in [-0.25, -0.2) is 10.6 Å². The molecule has 0 unspecified atom stereocenters. The average Bonchev–Trinajstić information content (AvgIpc) is 3.58. The highest BCUT2D eigenvalue weighted by Gasteiger charge is 2.31. The molecule has 276 valence electrons. The monoisotopic (exact) mass is 718 g/mol. The van der Waals surface area contributed by atoms with Crippen LogP contribution in [0, 0.1) is 5.92 Å². The van der Waals surface area contributed by atoms with E-state index < -0.39 is 41.9 Å². The Morgan fingerprint density at radius 1 is 0.642 bits per heavy atom. The van der Waals surface area contributed by atoms with E-state index in [-0.39, 0.29) is 25.4 Å². The van der Waals surface area contributed by atoms with Crippen LogP contribution in [0.15, 0.2) is 115 Å². The number of benzene rings is 4. The fraction of sp³-hybridized carbons (Fsp3) is 0.268. The zero-order chi connectivity index (χ0) is 37.6. The Balaban J connectivity index is 1.36. The van der Waals surface area contributed by atoms with Gasteiger partial charge in [0.1, 0.15) is 37.1 Å². The number of amides is 4. The van der Waals surface area contributed by atoms with E-state index in [0.29, 0.717) is 18.8 Å². The van der Waals surface area contributed by atoms with Crippen molar-refractivity contribution in [2.75, 3.05) is 0 Å². The summed E-state index contributed by atoms with van der Waals surface area (Å²) in [6.07, 6.45) is 1.49. The van der Waals surface area contributed by atoms with Gasteiger partial charge in [-0.3, -0.25) is 19.8 Å². The van der Waals surface area contributed by atoms with Crippen LogP contribution in [0.25, 0.3) is 10.9 Å². The first kappa shape index (κ1) is 38.1. The largest absolute Gasteiger partial charge is 0.489 e. The van der Waals surface area contributed by atoms with Gasteiger partial charge in [0.05, 0.1) is 0 Å².